The number of hydrogen-bond acceptors (Lipinski definition) is 5. The molecule has 1 fully saturated rings. The van der Waals surface area contributed by atoms with Crippen LogP contribution in [0.3, 0.4) is 0 Å². The molecule has 2 heterocycles. The monoisotopic (exact) mass is 583 g/mol. The fourth-order valence-corrected chi connectivity index (χ4v) is 5.77. The van der Waals surface area contributed by atoms with E-state index in [4.69, 9.17) is 9.79 Å². The highest BCUT2D eigenvalue weighted by molar-refractivity contribution is 7.46. The van der Waals surface area contributed by atoms with E-state index in [2.05, 4.69) is 15.9 Å². The molecule has 0 saturated carbocycles. The van der Waals surface area contributed by atoms with Crippen molar-refractivity contribution in [3.8, 4) is 5.75 Å². The Bertz CT molecular complexity index is 1380. The van der Waals surface area contributed by atoms with Gasteiger partial charge in [0.15, 0.2) is 0 Å². The number of nitrogens with one attached hydrogen (secondary N) is 1. The summed E-state index contributed by atoms with van der Waals surface area (Å²) < 4.78 is 15.6. The Morgan fingerprint density at radius 3 is 2.34 bits per heavy atom. The minimum Gasteiger partial charge on any atom is -0.404 e. The van der Waals surface area contributed by atoms with Crippen molar-refractivity contribution in [2.24, 2.45) is 5.41 Å². The molecule has 41 heavy (non-hydrogen) atoms. The maximum atomic E-state index is 13.9. The number of allylic oxidation sites excluding steroid dienone is 1. The lowest BCUT2D eigenvalue weighted by molar-refractivity contribution is -0.147. The molecule has 1 saturated heterocycles. The smallest absolute Gasteiger partial charge is 0.404 e. The number of rotatable bonds is 7. The molecule has 220 valence electrons. The molecule has 10 nitrogen and oxygen atoms in total. The predicted molar refractivity (Wildman–Crippen MR) is 154 cm³/mol. The van der Waals surface area contributed by atoms with Crippen molar-refractivity contribution in [1.82, 2.24) is 15.1 Å². The highest BCUT2D eigenvalue weighted by Crippen LogP contribution is 2.37. The average molecular weight is 584 g/mol. The number of benzene rings is 2. The maximum Gasteiger partial charge on any atom is 0.524 e. The summed E-state index contributed by atoms with van der Waals surface area (Å²) in [6.07, 6.45) is 3.48. The van der Waals surface area contributed by atoms with E-state index in [-0.39, 0.29) is 17.6 Å². The Morgan fingerprint density at radius 2 is 1.71 bits per heavy atom. The molecule has 3 amide bonds. The standard InChI is InChI=1S/C30H38N3O7P/c1-20(21-11-13-24(14-12-21)40-41(37,38)39)18-26(34)31-27(30(2,3)4)29(36)33-16-7-10-25(33)28(35)32-17-15-22-8-5-6-9-23(22)19-32/h5-6,8-9,11-14,18,25,27H,7,10,15-17,19H2,1-4H3,(H,31,34)(H2,37,38,39)/b20-18+/t25?,27-/m1/s1. The molecular formula is C30H38N3O7P. The molecule has 4 rings (SSSR count). The molecule has 0 aromatic heterocycles. The number of amides is 3. The summed E-state index contributed by atoms with van der Waals surface area (Å²) in [4.78, 5) is 62.0. The molecule has 0 radical (unpaired) electrons. The lowest BCUT2D eigenvalue weighted by Gasteiger charge is -2.37. The van der Waals surface area contributed by atoms with Crippen molar-refractivity contribution >= 4 is 31.1 Å². The number of hydrogen-bond donors (Lipinski definition) is 3. The van der Waals surface area contributed by atoms with Gasteiger partial charge < -0.3 is 19.6 Å². The highest BCUT2D eigenvalue weighted by atomic mass is 31.2. The van der Waals surface area contributed by atoms with Crippen LogP contribution < -0.4 is 9.84 Å². The van der Waals surface area contributed by atoms with Gasteiger partial charge in [-0.15, -0.1) is 0 Å². The number of likely N-dealkylation sites (tertiary alicyclic amines) is 1. The Morgan fingerprint density at radius 1 is 1.05 bits per heavy atom. The quantitative estimate of drug-likeness (QED) is 0.334. The van der Waals surface area contributed by atoms with Crippen LogP contribution in [0.4, 0.5) is 0 Å². The summed E-state index contributed by atoms with van der Waals surface area (Å²) in [6.45, 7) is 8.95. The number of carbonyl (C=O) groups is 3. The number of carbonyl (C=O) groups excluding carboxylic acids is 3. The molecule has 0 bridgehead atoms. The van der Waals surface area contributed by atoms with E-state index in [0.29, 0.717) is 37.2 Å². The molecule has 1 unspecified atom stereocenters. The van der Waals surface area contributed by atoms with Crippen molar-refractivity contribution in [3.05, 3.63) is 71.3 Å². The van der Waals surface area contributed by atoms with Gasteiger partial charge in [0, 0.05) is 25.7 Å². The van der Waals surface area contributed by atoms with E-state index in [0.717, 1.165) is 18.4 Å². The van der Waals surface area contributed by atoms with E-state index in [9.17, 15) is 18.9 Å². The number of phosphoric acid groups is 1. The Balaban J connectivity index is 1.45. The van der Waals surface area contributed by atoms with Crippen LogP contribution in [0.2, 0.25) is 0 Å². The molecule has 0 aliphatic carbocycles. The van der Waals surface area contributed by atoms with Gasteiger partial charge in [-0.1, -0.05) is 57.2 Å². The first-order valence-corrected chi connectivity index (χ1v) is 15.3. The van der Waals surface area contributed by atoms with Crippen molar-refractivity contribution in [1.29, 1.82) is 0 Å². The molecule has 3 N–H and O–H groups in total. The summed E-state index contributed by atoms with van der Waals surface area (Å²) in [5.74, 6) is -0.780. The Labute approximate surface area is 240 Å². The minimum atomic E-state index is -4.67. The predicted octanol–water partition coefficient (Wildman–Crippen LogP) is 3.67. The average Bonchev–Trinajstić information content (AvgIpc) is 3.39. The van der Waals surface area contributed by atoms with E-state index >= 15 is 0 Å². The number of fused-ring (bicyclic) bond motifs is 1. The van der Waals surface area contributed by atoms with Gasteiger partial charge in [-0.25, -0.2) is 4.57 Å². The lowest BCUT2D eigenvalue weighted by Crippen LogP contribution is -2.58. The van der Waals surface area contributed by atoms with Crippen LogP contribution in [0.25, 0.3) is 5.57 Å². The molecule has 2 atom stereocenters. The van der Waals surface area contributed by atoms with Crippen LogP contribution >= 0.6 is 7.82 Å². The number of phosphoric ester groups is 1. The van der Waals surface area contributed by atoms with Gasteiger partial charge >= 0.3 is 7.82 Å². The van der Waals surface area contributed by atoms with Crippen LogP contribution in [0.1, 0.15) is 57.2 Å². The summed E-state index contributed by atoms with van der Waals surface area (Å²) in [5.41, 5.74) is 3.00. The molecule has 2 aliphatic heterocycles. The van der Waals surface area contributed by atoms with Crippen LogP contribution in [0.5, 0.6) is 5.75 Å². The fourth-order valence-electron chi connectivity index (χ4n) is 5.38. The van der Waals surface area contributed by atoms with Crippen molar-refractivity contribution in [2.75, 3.05) is 13.1 Å². The van der Waals surface area contributed by atoms with Crippen LogP contribution in [-0.4, -0.2) is 62.5 Å². The molecule has 2 aromatic rings. The van der Waals surface area contributed by atoms with Gasteiger partial charge in [-0.3, -0.25) is 24.2 Å². The zero-order valence-electron chi connectivity index (χ0n) is 23.9. The zero-order chi connectivity index (χ0) is 29.9. The molecule has 11 heteroatoms. The Hall–Kier alpha value is -3.46. The van der Waals surface area contributed by atoms with Gasteiger partial charge in [-0.2, -0.15) is 0 Å². The third-order valence-corrected chi connectivity index (χ3v) is 7.99. The third kappa shape index (κ3) is 7.64. The van der Waals surface area contributed by atoms with Crippen molar-refractivity contribution < 1.29 is 33.3 Å². The highest BCUT2D eigenvalue weighted by Gasteiger charge is 2.43. The number of nitrogens with zero attached hydrogens (tertiary/aromatic N) is 2. The largest absolute Gasteiger partial charge is 0.524 e. The maximum absolute atomic E-state index is 13.9. The summed E-state index contributed by atoms with van der Waals surface area (Å²) in [6, 6.07) is 12.7. The van der Waals surface area contributed by atoms with Crippen LogP contribution in [-0.2, 0) is 31.9 Å². The molecular weight excluding hydrogens is 545 g/mol. The first-order chi connectivity index (χ1) is 19.2. The Kier molecular flexibility index (Phi) is 9.07. The van der Waals surface area contributed by atoms with E-state index in [1.807, 2.05) is 43.9 Å². The van der Waals surface area contributed by atoms with Gasteiger partial charge in [0.05, 0.1) is 0 Å². The second-order valence-corrected chi connectivity index (χ2v) is 12.9. The van der Waals surface area contributed by atoms with Crippen molar-refractivity contribution in [3.63, 3.8) is 0 Å². The first-order valence-electron chi connectivity index (χ1n) is 13.7. The molecule has 2 aliphatic rings. The topological polar surface area (TPSA) is 136 Å². The summed E-state index contributed by atoms with van der Waals surface area (Å²) in [5, 5.41) is 2.87. The van der Waals surface area contributed by atoms with Gasteiger partial charge in [0.1, 0.15) is 17.8 Å². The second kappa shape index (κ2) is 12.2. The van der Waals surface area contributed by atoms with Crippen LogP contribution in [0, 0.1) is 5.41 Å². The fraction of sp³-hybridized carbons (Fsp3) is 0.433. The second-order valence-electron chi connectivity index (χ2n) is 11.7. The first kappa shape index (κ1) is 30.5. The minimum absolute atomic E-state index is 0.00112. The van der Waals surface area contributed by atoms with Gasteiger partial charge in [0.2, 0.25) is 17.7 Å². The van der Waals surface area contributed by atoms with Crippen molar-refractivity contribution in [2.45, 2.75) is 65.6 Å². The van der Waals surface area contributed by atoms with Gasteiger partial charge in [0.25, 0.3) is 0 Å². The summed E-state index contributed by atoms with van der Waals surface area (Å²) >= 11 is 0. The zero-order valence-corrected chi connectivity index (χ0v) is 24.8. The lowest BCUT2D eigenvalue weighted by atomic mass is 9.85. The normalized spacial score (nSPS) is 18.5. The SMILES string of the molecule is C/C(=C\C(=O)N[C@H](C(=O)N1CCCC1C(=O)N1CCc2ccccc2C1)C(C)(C)C)c1ccc(OP(=O)(O)O)cc1. The van der Waals surface area contributed by atoms with E-state index < -0.39 is 31.2 Å². The summed E-state index contributed by atoms with van der Waals surface area (Å²) in [7, 11) is -4.67. The molecule has 2 aromatic carbocycles. The van der Waals surface area contributed by atoms with Crippen LogP contribution in [0.15, 0.2) is 54.6 Å². The van der Waals surface area contributed by atoms with E-state index in [1.165, 1.54) is 23.8 Å². The van der Waals surface area contributed by atoms with Gasteiger partial charge in [-0.05, 0) is 66.0 Å². The third-order valence-electron chi connectivity index (χ3n) is 7.54. The van der Waals surface area contributed by atoms with E-state index in [1.54, 1.807) is 24.0 Å². The molecule has 0 spiro atoms.